The van der Waals surface area contributed by atoms with Crippen molar-refractivity contribution in [2.24, 2.45) is 4.99 Å². The summed E-state index contributed by atoms with van der Waals surface area (Å²) in [6.45, 7) is 13.6. The highest BCUT2D eigenvalue weighted by atomic mass is 32.2. The van der Waals surface area contributed by atoms with Crippen LogP contribution in [0.5, 0.6) is 5.75 Å². The predicted molar refractivity (Wildman–Crippen MR) is 111 cm³/mol. The smallest absolute Gasteiger partial charge is 0.266 e. The molecule has 0 radical (unpaired) electrons. The third-order valence-electron chi connectivity index (χ3n) is 5.29. The van der Waals surface area contributed by atoms with Gasteiger partial charge >= 0.3 is 0 Å². The molecule has 1 aromatic carbocycles. The van der Waals surface area contributed by atoms with Gasteiger partial charge in [-0.1, -0.05) is 58.5 Å². The monoisotopic (exact) mass is 376 g/mol. The normalized spacial score (nSPS) is 16.8. The molecule has 0 bridgehead atoms. The van der Waals surface area contributed by atoms with Crippen molar-refractivity contribution in [3.63, 3.8) is 0 Å². The van der Waals surface area contributed by atoms with Crippen molar-refractivity contribution in [1.29, 1.82) is 0 Å². The minimum Gasteiger partial charge on any atom is -0.481 e. The van der Waals surface area contributed by atoms with Gasteiger partial charge in [-0.05, 0) is 42.7 Å². The maximum absolute atomic E-state index is 12.4. The average Bonchev–Trinajstić information content (AvgIpc) is 3.14. The fourth-order valence-electron chi connectivity index (χ4n) is 2.77. The van der Waals surface area contributed by atoms with Gasteiger partial charge < -0.3 is 10.1 Å². The molecule has 1 heterocycles. The number of nitrogens with zero attached hydrogens (tertiary/aromatic N) is 1. The van der Waals surface area contributed by atoms with E-state index >= 15 is 0 Å². The van der Waals surface area contributed by atoms with Crippen molar-refractivity contribution in [2.45, 2.75) is 71.8 Å². The summed E-state index contributed by atoms with van der Waals surface area (Å²) in [5, 5.41) is 3.56. The molecule has 0 aliphatic carbocycles. The number of carbonyl (C=O) groups excluding carboxylic acids is 1. The number of amides is 1. The maximum atomic E-state index is 12.4. The Morgan fingerprint density at radius 2 is 2.08 bits per heavy atom. The fourth-order valence-corrected chi connectivity index (χ4v) is 3.50. The lowest BCUT2D eigenvalue weighted by atomic mass is 9.80. The van der Waals surface area contributed by atoms with Gasteiger partial charge in [-0.25, -0.2) is 0 Å². The lowest BCUT2D eigenvalue weighted by molar-refractivity contribution is -0.125. The molecular weight excluding hydrogens is 344 g/mol. The molecule has 1 aromatic rings. The number of benzene rings is 1. The number of amidine groups is 1. The molecule has 26 heavy (non-hydrogen) atoms. The second-order valence-corrected chi connectivity index (χ2v) is 8.67. The molecule has 0 saturated heterocycles. The highest BCUT2D eigenvalue weighted by Gasteiger charge is 2.26. The molecular formula is C21H32N2O2S. The molecule has 144 valence electrons. The number of hydrogen-bond donors (Lipinski definition) is 1. The van der Waals surface area contributed by atoms with E-state index in [1.807, 2.05) is 6.07 Å². The van der Waals surface area contributed by atoms with Crippen LogP contribution in [0.3, 0.4) is 0 Å². The van der Waals surface area contributed by atoms with Crippen LogP contribution < -0.4 is 10.1 Å². The van der Waals surface area contributed by atoms with Crippen LogP contribution >= 0.6 is 11.8 Å². The second-order valence-electron chi connectivity index (χ2n) is 7.59. The predicted octanol–water partition coefficient (Wildman–Crippen LogP) is 4.87. The van der Waals surface area contributed by atoms with E-state index < -0.39 is 6.10 Å². The molecule has 1 amide bonds. The van der Waals surface area contributed by atoms with E-state index in [2.05, 4.69) is 57.1 Å². The van der Waals surface area contributed by atoms with E-state index in [-0.39, 0.29) is 11.3 Å². The van der Waals surface area contributed by atoms with E-state index in [4.69, 9.17) is 4.74 Å². The minimum atomic E-state index is -0.570. The minimum absolute atomic E-state index is 0.0135. The number of nitrogens with one attached hydrogen (secondary N) is 1. The van der Waals surface area contributed by atoms with Gasteiger partial charge in [-0.3, -0.25) is 9.79 Å². The summed E-state index contributed by atoms with van der Waals surface area (Å²) in [5.41, 5.74) is 2.48. The molecule has 1 N–H and O–H groups in total. The Labute approximate surface area is 162 Å². The summed E-state index contributed by atoms with van der Waals surface area (Å²) in [6.07, 6.45) is 1.53. The van der Waals surface area contributed by atoms with Gasteiger partial charge in [0.2, 0.25) is 0 Å². The fraction of sp³-hybridized carbons (Fsp3) is 0.619. The maximum Gasteiger partial charge on any atom is 0.266 e. The van der Waals surface area contributed by atoms with Crippen LogP contribution in [0, 0.1) is 0 Å². The van der Waals surface area contributed by atoms with Crippen LogP contribution in [0.25, 0.3) is 0 Å². The van der Waals surface area contributed by atoms with Crippen molar-refractivity contribution >= 4 is 22.8 Å². The van der Waals surface area contributed by atoms with Gasteiger partial charge in [0.05, 0.1) is 6.54 Å². The van der Waals surface area contributed by atoms with Gasteiger partial charge in [0.1, 0.15) is 5.75 Å². The Morgan fingerprint density at radius 1 is 1.35 bits per heavy atom. The Balaban J connectivity index is 2.22. The number of aliphatic imine (C=N–C) groups is 1. The van der Waals surface area contributed by atoms with Crippen LogP contribution in [0.2, 0.25) is 0 Å². The summed E-state index contributed by atoms with van der Waals surface area (Å²) in [7, 11) is 0. The number of hydrogen-bond acceptors (Lipinski definition) is 4. The van der Waals surface area contributed by atoms with Crippen molar-refractivity contribution in [2.75, 3.05) is 12.3 Å². The molecule has 1 aliphatic rings. The summed E-state index contributed by atoms with van der Waals surface area (Å²) in [4.78, 5) is 16.7. The summed E-state index contributed by atoms with van der Waals surface area (Å²) in [5.74, 6) is 2.09. The van der Waals surface area contributed by atoms with Gasteiger partial charge in [0.25, 0.3) is 5.91 Å². The van der Waals surface area contributed by atoms with E-state index in [0.29, 0.717) is 11.1 Å². The standard InChI is InChI=1S/C21H32N2O2S/c1-7-14(3)16-9-10-18(17(13-16)21(5,6)8-2)25-15(4)19(24)23-20-22-11-12-26-20/h9-10,13-15H,7-8,11-12H2,1-6H3,(H,22,23,24). The molecule has 4 nitrogen and oxygen atoms in total. The zero-order valence-corrected chi connectivity index (χ0v) is 17.7. The van der Waals surface area contributed by atoms with Gasteiger partial charge in [0, 0.05) is 11.3 Å². The summed E-state index contributed by atoms with van der Waals surface area (Å²) in [6, 6.07) is 6.41. The van der Waals surface area contributed by atoms with E-state index in [9.17, 15) is 4.79 Å². The SMILES string of the molecule is CCC(C)c1ccc(OC(C)C(=O)NC2=NCCS2)c(C(C)(C)CC)c1. The summed E-state index contributed by atoms with van der Waals surface area (Å²) < 4.78 is 6.10. The zero-order chi connectivity index (χ0) is 19.3. The van der Waals surface area contributed by atoms with Crippen LogP contribution in [0.4, 0.5) is 0 Å². The van der Waals surface area contributed by atoms with E-state index in [0.717, 1.165) is 30.9 Å². The Hall–Kier alpha value is -1.49. The Kier molecular flexibility index (Phi) is 7.16. The largest absolute Gasteiger partial charge is 0.481 e. The van der Waals surface area contributed by atoms with Crippen molar-refractivity contribution in [3.05, 3.63) is 29.3 Å². The number of carbonyl (C=O) groups is 1. The number of ether oxygens (including phenoxy) is 1. The summed E-state index contributed by atoms with van der Waals surface area (Å²) >= 11 is 1.58. The third kappa shape index (κ3) is 5.03. The first-order valence-electron chi connectivity index (χ1n) is 9.57. The highest BCUT2D eigenvalue weighted by molar-refractivity contribution is 8.14. The first-order valence-corrected chi connectivity index (χ1v) is 10.6. The number of rotatable bonds is 7. The van der Waals surface area contributed by atoms with Gasteiger partial charge in [-0.2, -0.15) is 0 Å². The second kappa shape index (κ2) is 8.94. The van der Waals surface area contributed by atoms with Crippen LogP contribution in [0.15, 0.2) is 23.2 Å². The molecule has 2 rings (SSSR count). The topological polar surface area (TPSA) is 50.7 Å². The lowest BCUT2D eigenvalue weighted by Crippen LogP contribution is -2.38. The zero-order valence-electron chi connectivity index (χ0n) is 16.9. The molecule has 0 fully saturated rings. The molecule has 0 saturated carbocycles. The van der Waals surface area contributed by atoms with E-state index in [1.54, 1.807) is 18.7 Å². The lowest BCUT2D eigenvalue weighted by Gasteiger charge is -2.28. The molecule has 0 spiro atoms. The highest BCUT2D eigenvalue weighted by Crippen LogP contribution is 2.37. The third-order valence-corrected chi connectivity index (χ3v) is 6.18. The van der Waals surface area contributed by atoms with Crippen LogP contribution in [0.1, 0.15) is 71.4 Å². The van der Waals surface area contributed by atoms with E-state index in [1.165, 1.54) is 11.1 Å². The molecule has 2 atom stereocenters. The van der Waals surface area contributed by atoms with Crippen molar-refractivity contribution in [1.82, 2.24) is 5.32 Å². The molecule has 1 aliphatic heterocycles. The average molecular weight is 377 g/mol. The van der Waals surface area contributed by atoms with Gasteiger partial charge in [-0.15, -0.1) is 0 Å². The Bertz CT molecular complexity index is 670. The molecule has 2 unspecified atom stereocenters. The van der Waals surface area contributed by atoms with Gasteiger partial charge in [0.15, 0.2) is 11.3 Å². The molecule has 0 aromatic heterocycles. The first-order chi connectivity index (χ1) is 12.3. The van der Waals surface area contributed by atoms with Crippen LogP contribution in [-0.4, -0.2) is 29.5 Å². The Morgan fingerprint density at radius 3 is 2.65 bits per heavy atom. The quantitative estimate of drug-likeness (QED) is 0.738. The first kappa shape index (κ1) is 20.8. The van der Waals surface area contributed by atoms with Crippen LogP contribution in [-0.2, 0) is 10.2 Å². The molecule has 5 heteroatoms. The van der Waals surface area contributed by atoms with Crippen molar-refractivity contribution in [3.8, 4) is 5.75 Å². The number of thioether (sulfide) groups is 1. The van der Waals surface area contributed by atoms with Crippen molar-refractivity contribution < 1.29 is 9.53 Å².